The van der Waals surface area contributed by atoms with Gasteiger partial charge < -0.3 is 21.3 Å². The fourth-order valence-corrected chi connectivity index (χ4v) is 1.07. The molecule has 0 radical (unpaired) electrons. The van der Waals surface area contributed by atoms with Crippen LogP contribution < -0.4 is 16.2 Å². The largest absolute Gasteiger partial charge is 0.484 e. The van der Waals surface area contributed by atoms with Crippen molar-refractivity contribution in [2.75, 3.05) is 6.61 Å². The van der Waals surface area contributed by atoms with Crippen LogP contribution in [0.2, 0.25) is 0 Å². The summed E-state index contributed by atoms with van der Waals surface area (Å²) in [6.45, 7) is -0.218. The smallest absolute Gasteiger partial charge is 0.325 e. The number of carboxylic acids is 1. The first-order chi connectivity index (χ1) is 7.50. The van der Waals surface area contributed by atoms with Gasteiger partial charge in [-0.1, -0.05) is 12.1 Å². The maximum Gasteiger partial charge on any atom is 0.325 e. The topological polar surface area (TPSA) is 116 Å². The summed E-state index contributed by atoms with van der Waals surface area (Å²) in [5.41, 5.74) is 10.7. The van der Waals surface area contributed by atoms with Crippen LogP contribution in [0.3, 0.4) is 0 Å². The molecular formula is C10H12N2O4. The molecule has 6 heteroatoms. The minimum absolute atomic E-state index is 0.218. The van der Waals surface area contributed by atoms with Gasteiger partial charge in [-0.2, -0.15) is 0 Å². The summed E-state index contributed by atoms with van der Waals surface area (Å²) >= 11 is 0. The first-order valence-corrected chi connectivity index (χ1v) is 4.50. The number of aliphatic carboxylic acids is 1. The zero-order chi connectivity index (χ0) is 12.1. The van der Waals surface area contributed by atoms with Crippen LogP contribution in [0.15, 0.2) is 24.3 Å². The number of ether oxygens (including phenoxy) is 1. The van der Waals surface area contributed by atoms with E-state index in [-0.39, 0.29) is 6.61 Å². The number of carbonyl (C=O) groups is 2. The molecule has 5 N–H and O–H groups in total. The van der Waals surface area contributed by atoms with Gasteiger partial charge in [0, 0.05) is 0 Å². The van der Waals surface area contributed by atoms with Gasteiger partial charge in [-0.3, -0.25) is 9.59 Å². The molecule has 0 fully saturated rings. The highest BCUT2D eigenvalue weighted by atomic mass is 16.5. The quantitative estimate of drug-likeness (QED) is 0.631. The van der Waals surface area contributed by atoms with Crippen LogP contribution in [-0.2, 0) is 9.59 Å². The van der Waals surface area contributed by atoms with E-state index in [0.717, 1.165) is 0 Å². The normalized spacial score (nSPS) is 11.8. The number of carboxylic acid groups (broad SMARTS) is 1. The van der Waals surface area contributed by atoms with Crippen molar-refractivity contribution in [3.8, 4) is 5.75 Å². The highest BCUT2D eigenvalue weighted by Crippen LogP contribution is 2.16. The first kappa shape index (κ1) is 12.0. The zero-order valence-electron chi connectivity index (χ0n) is 8.42. The number of hydrogen-bond acceptors (Lipinski definition) is 4. The number of rotatable bonds is 5. The van der Waals surface area contributed by atoms with Gasteiger partial charge >= 0.3 is 5.97 Å². The highest BCUT2D eigenvalue weighted by Gasteiger charge is 2.13. The van der Waals surface area contributed by atoms with Gasteiger partial charge in [-0.25, -0.2) is 0 Å². The summed E-state index contributed by atoms with van der Waals surface area (Å²) in [6.07, 6.45) is 0. The Hall–Kier alpha value is -2.08. The SMILES string of the molecule is NC(=O)COc1ccc([C@@H](N)C(=O)O)cc1. The summed E-state index contributed by atoms with van der Waals surface area (Å²) in [5.74, 6) is -1.25. The lowest BCUT2D eigenvalue weighted by molar-refractivity contribution is -0.138. The van der Waals surface area contributed by atoms with Crippen molar-refractivity contribution in [1.29, 1.82) is 0 Å². The molecule has 1 aromatic carbocycles. The second-order valence-corrected chi connectivity index (χ2v) is 3.14. The van der Waals surface area contributed by atoms with Gasteiger partial charge in [-0.05, 0) is 17.7 Å². The van der Waals surface area contributed by atoms with Gasteiger partial charge in [0.2, 0.25) is 0 Å². The second-order valence-electron chi connectivity index (χ2n) is 3.14. The molecule has 0 spiro atoms. The van der Waals surface area contributed by atoms with Crippen LogP contribution in [0.4, 0.5) is 0 Å². The molecule has 0 unspecified atom stereocenters. The molecule has 0 saturated heterocycles. The van der Waals surface area contributed by atoms with Crippen molar-refractivity contribution in [2.24, 2.45) is 11.5 Å². The molecule has 1 aromatic rings. The molecule has 0 aliphatic rings. The summed E-state index contributed by atoms with van der Waals surface area (Å²) < 4.78 is 5.00. The number of hydrogen-bond donors (Lipinski definition) is 3. The third-order valence-corrected chi connectivity index (χ3v) is 1.89. The third kappa shape index (κ3) is 3.25. The molecule has 0 aliphatic heterocycles. The Bertz CT molecular complexity index is 388. The molecule has 0 aromatic heterocycles. The summed E-state index contributed by atoms with van der Waals surface area (Å²) in [7, 11) is 0. The molecule has 1 atom stereocenters. The van der Waals surface area contributed by atoms with Gasteiger partial charge in [-0.15, -0.1) is 0 Å². The predicted octanol–water partition coefficient (Wildman–Crippen LogP) is -0.365. The number of benzene rings is 1. The Kier molecular flexibility index (Phi) is 3.84. The van der Waals surface area contributed by atoms with Gasteiger partial charge in [0.1, 0.15) is 11.8 Å². The van der Waals surface area contributed by atoms with Crippen LogP contribution in [-0.4, -0.2) is 23.6 Å². The van der Waals surface area contributed by atoms with E-state index in [1.54, 1.807) is 0 Å². The lowest BCUT2D eigenvalue weighted by Gasteiger charge is -2.08. The van der Waals surface area contributed by atoms with Crippen molar-refractivity contribution >= 4 is 11.9 Å². The summed E-state index contributed by atoms with van der Waals surface area (Å²) in [4.78, 5) is 21.0. The fraction of sp³-hybridized carbons (Fsp3) is 0.200. The standard InChI is InChI=1S/C10H12N2O4/c11-8(13)5-16-7-3-1-6(2-4-7)9(12)10(14)15/h1-4,9H,5,12H2,(H2,11,13)(H,14,15)/t9-/m1/s1. The van der Waals surface area contributed by atoms with Crippen LogP contribution in [0.1, 0.15) is 11.6 Å². The lowest BCUT2D eigenvalue weighted by atomic mass is 10.1. The molecular weight excluding hydrogens is 212 g/mol. The van der Waals surface area contributed by atoms with Gasteiger partial charge in [0.25, 0.3) is 5.91 Å². The molecule has 1 amide bonds. The third-order valence-electron chi connectivity index (χ3n) is 1.89. The van der Waals surface area contributed by atoms with E-state index in [0.29, 0.717) is 11.3 Å². The summed E-state index contributed by atoms with van der Waals surface area (Å²) in [5, 5.41) is 8.66. The molecule has 0 aliphatic carbocycles. The van der Waals surface area contributed by atoms with E-state index < -0.39 is 17.9 Å². The molecule has 86 valence electrons. The van der Waals surface area contributed by atoms with E-state index >= 15 is 0 Å². The van der Waals surface area contributed by atoms with Gasteiger partial charge in [0.15, 0.2) is 6.61 Å². The maximum absolute atomic E-state index is 10.6. The Balaban J connectivity index is 2.67. The number of nitrogens with two attached hydrogens (primary N) is 2. The number of primary amides is 1. The average molecular weight is 224 g/mol. The monoisotopic (exact) mass is 224 g/mol. The Morgan fingerprint density at radius 2 is 1.88 bits per heavy atom. The van der Waals surface area contributed by atoms with Crippen LogP contribution in [0, 0.1) is 0 Å². The molecule has 6 nitrogen and oxygen atoms in total. The fourth-order valence-electron chi connectivity index (χ4n) is 1.07. The molecule has 1 rings (SSSR count). The van der Waals surface area contributed by atoms with Crippen molar-refractivity contribution in [2.45, 2.75) is 6.04 Å². The molecule has 0 bridgehead atoms. The molecule has 0 heterocycles. The average Bonchev–Trinajstić information content (AvgIpc) is 2.26. The molecule has 16 heavy (non-hydrogen) atoms. The number of amides is 1. The zero-order valence-corrected chi connectivity index (χ0v) is 8.42. The van der Waals surface area contributed by atoms with Crippen LogP contribution in [0.25, 0.3) is 0 Å². The Morgan fingerprint density at radius 1 is 1.31 bits per heavy atom. The van der Waals surface area contributed by atoms with E-state index in [9.17, 15) is 9.59 Å². The number of carbonyl (C=O) groups excluding carboxylic acids is 1. The van der Waals surface area contributed by atoms with Crippen molar-refractivity contribution < 1.29 is 19.4 Å². The van der Waals surface area contributed by atoms with Crippen molar-refractivity contribution in [1.82, 2.24) is 0 Å². The van der Waals surface area contributed by atoms with Crippen LogP contribution >= 0.6 is 0 Å². The van der Waals surface area contributed by atoms with Crippen molar-refractivity contribution in [3.05, 3.63) is 29.8 Å². The molecule has 0 saturated carbocycles. The lowest BCUT2D eigenvalue weighted by Crippen LogP contribution is -2.21. The minimum atomic E-state index is -1.11. The summed E-state index contributed by atoms with van der Waals surface area (Å²) in [6, 6.07) is 5.04. The van der Waals surface area contributed by atoms with Gasteiger partial charge in [0.05, 0.1) is 0 Å². The van der Waals surface area contributed by atoms with Crippen molar-refractivity contribution in [3.63, 3.8) is 0 Å². The van der Waals surface area contributed by atoms with Crippen LogP contribution in [0.5, 0.6) is 5.75 Å². The first-order valence-electron chi connectivity index (χ1n) is 4.50. The second kappa shape index (κ2) is 5.13. The minimum Gasteiger partial charge on any atom is -0.484 e. The van der Waals surface area contributed by atoms with E-state index in [1.165, 1.54) is 24.3 Å². The van der Waals surface area contributed by atoms with E-state index in [4.69, 9.17) is 21.3 Å². The Labute approximate surface area is 91.8 Å². The Morgan fingerprint density at radius 3 is 2.31 bits per heavy atom. The maximum atomic E-state index is 10.6. The van der Waals surface area contributed by atoms with E-state index in [1.807, 2.05) is 0 Å². The van der Waals surface area contributed by atoms with E-state index in [2.05, 4.69) is 0 Å². The predicted molar refractivity (Wildman–Crippen MR) is 55.7 cm³/mol. The highest BCUT2D eigenvalue weighted by molar-refractivity contribution is 5.76.